The van der Waals surface area contributed by atoms with Gasteiger partial charge in [-0.25, -0.2) is 4.98 Å². The van der Waals surface area contributed by atoms with Gasteiger partial charge in [-0.15, -0.1) is 11.3 Å². The molecular weight excluding hydrogens is 248 g/mol. The number of pyridine rings is 1. The van der Waals surface area contributed by atoms with Gasteiger partial charge in [-0.2, -0.15) is 4.98 Å². The van der Waals surface area contributed by atoms with E-state index in [1.807, 2.05) is 25.3 Å². The van der Waals surface area contributed by atoms with Crippen LogP contribution in [0.5, 0.6) is 5.88 Å². The van der Waals surface area contributed by atoms with E-state index in [0.717, 1.165) is 10.8 Å². The molecule has 0 bridgehead atoms. The number of nitrogens with one attached hydrogen (secondary N) is 1. The Bertz CT molecular complexity index is 501. The first kappa shape index (κ1) is 12.6. The number of aromatic nitrogens is 2. The average Bonchev–Trinajstić information content (AvgIpc) is 2.87. The van der Waals surface area contributed by atoms with Gasteiger partial charge in [0, 0.05) is 11.6 Å². The quantitative estimate of drug-likeness (QED) is 0.868. The molecule has 2 aromatic rings. The second kappa shape index (κ2) is 5.68. The third kappa shape index (κ3) is 2.89. The van der Waals surface area contributed by atoms with Crippen LogP contribution in [0, 0.1) is 0 Å². The molecule has 1 atom stereocenters. The monoisotopic (exact) mass is 264 g/mol. The highest BCUT2D eigenvalue weighted by Gasteiger charge is 2.10. The van der Waals surface area contributed by atoms with Crippen LogP contribution in [0.1, 0.15) is 24.9 Å². The Morgan fingerprint density at radius 2 is 2.33 bits per heavy atom. The fourth-order valence-corrected chi connectivity index (χ4v) is 2.16. The molecule has 2 heterocycles. The van der Waals surface area contributed by atoms with Crippen molar-refractivity contribution in [2.24, 2.45) is 0 Å². The summed E-state index contributed by atoms with van der Waals surface area (Å²) < 4.78 is 5.36. The number of thiazole rings is 1. The van der Waals surface area contributed by atoms with Gasteiger partial charge in [0.15, 0.2) is 0 Å². The van der Waals surface area contributed by atoms with Crippen LogP contribution in [-0.4, -0.2) is 16.6 Å². The van der Waals surface area contributed by atoms with Gasteiger partial charge < -0.3 is 15.8 Å². The minimum absolute atomic E-state index is 0.107. The van der Waals surface area contributed by atoms with Crippen LogP contribution in [0.15, 0.2) is 23.7 Å². The van der Waals surface area contributed by atoms with Crippen molar-refractivity contribution < 1.29 is 4.74 Å². The lowest BCUT2D eigenvalue weighted by Crippen LogP contribution is -2.09. The topological polar surface area (TPSA) is 73.1 Å². The lowest BCUT2D eigenvalue weighted by Gasteiger charge is -2.13. The van der Waals surface area contributed by atoms with Gasteiger partial charge in [0.25, 0.3) is 0 Å². The van der Waals surface area contributed by atoms with Gasteiger partial charge in [0.2, 0.25) is 5.88 Å². The summed E-state index contributed by atoms with van der Waals surface area (Å²) in [5.74, 6) is 1.20. The molecule has 0 amide bonds. The summed E-state index contributed by atoms with van der Waals surface area (Å²) in [5.41, 5.74) is 6.32. The molecule has 3 N–H and O–H groups in total. The van der Waals surface area contributed by atoms with Crippen molar-refractivity contribution in [3.63, 3.8) is 0 Å². The normalized spacial score (nSPS) is 12.1. The first-order valence-electron chi connectivity index (χ1n) is 5.76. The largest absolute Gasteiger partial charge is 0.476 e. The molecule has 0 aliphatic rings. The van der Waals surface area contributed by atoms with Crippen LogP contribution < -0.4 is 15.8 Å². The fraction of sp³-hybridized carbons (Fsp3) is 0.333. The molecule has 2 rings (SSSR count). The van der Waals surface area contributed by atoms with Gasteiger partial charge in [0.05, 0.1) is 18.3 Å². The fourth-order valence-electron chi connectivity index (χ4n) is 1.52. The van der Waals surface area contributed by atoms with Gasteiger partial charge in [0.1, 0.15) is 10.8 Å². The number of hydrogen-bond donors (Lipinski definition) is 2. The summed E-state index contributed by atoms with van der Waals surface area (Å²) in [4.78, 5) is 8.59. The molecule has 2 aromatic heterocycles. The molecule has 96 valence electrons. The zero-order valence-corrected chi connectivity index (χ0v) is 11.2. The van der Waals surface area contributed by atoms with E-state index in [-0.39, 0.29) is 6.04 Å². The van der Waals surface area contributed by atoms with E-state index in [4.69, 9.17) is 10.5 Å². The Labute approximate surface area is 110 Å². The van der Waals surface area contributed by atoms with Crippen molar-refractivity contribution in [1.29, 1.82) is 0 Å². The number of nitrogens with two attached hydrogens (primary N) is 1. The molecule has 5 nitrogen and oxygen atoms in total. The second-order valence-corrected chi connectivity index (χ2v) is 4.69. The van der Waals surface area contributed by atoms with E-state index in [1.165, 1.54) is 0 Å². The van der Waals surface area contributed by atoms with Crippen LogP contribution in [0.4, 0.5) is 11.5 Å². The molecule has 0 aliphatic heterocycles. The molecule has 6 heteroatoms. The maximum Gasteiger partial charge on any atom is 0.239 e. The average molecular weight is 264 g/mol. The minimum atomic E-state index is 0.107. The predicted octanol–water partition coefficient (Wildman–Crippen LogP) is 2.69. The third-order valence-corrected chi connectivity index (χ3v) is 3.32. The molecule has 0 aromatic carbocycles. The minimum Gasteiger partial charge on any atom is -0.476 e. The van der Waals surface area contributed by atoms with E-state index >= 15 is 0 Å². The van der Waals surface area contributed by atoms with Gasteiger partial charge in [-0.3, -0.25) is 0 Å². The van der Waals surface area contributed by atoms with Gasteiger partial charge in [-0.05, 0) is 26.0 Å². The highest BCUT2D eigenvalue weighted by Crippen LogP contribution is 2.24. The molecule has 0 spiro atoms. The highest BCUT2D eigenvalue weighted by atomic mass is 32.1. The Morgan fingerprint density at radius 1 is 1.50 bits per heavy atom. The Kier molecular flexibility index (Phi) is 3.99. The first-order chi connectivity index (χ1) is 8.70. The van der Waals surface area contributed by atoms with E-state index in [1.54, 1.807) is 23.6 Å². The summed E-state index contributed by atoms with van der Waals surface area (Å²) in [6.07, 6.45) is 1.79. The van der Waals surface area contributed by atoms with Crippen molar-refractivity contribution >= 4 is 22.8 Å². The standard InChI is InChI=1S/C12H16N4OS/c1-3-17-11-9(13)4-5-10(16-11)15-8(2)12-14-6-7-18-12/h4-8H,3,13H2,1-2H3,(H,15,16). The summed E-state index contributed by atoms with van der Waals surface area (Å²) >= 11 is 1.61. The smallest absolute Gasteiger partial charge is 0.239 e. The van der Waals surface area contributed by atoms with Crippen molar-refractivity contribution in [3.8, 4) is 5.88 Å². The van der Waals surface area contributed by atoms with Crippen LogP contribution in [0.2, 0.25) is 0 Å². The van der Waals surface area contributed by atoms with Crippen LogP contribution in [0.25, 0.3) is 0 Å². The Balaban J connectivity index is 2.12. The number of hydrogen-bond acceptors (Lipinski definition) is 6. The highest BCUT2D eigenvalue weighted by molar-refractivity contribution is 7.09. The van der Waals surface area contributed by atoms with Gasteiger partial charge >= 0.3 is 0 Å². The number of rotatable bonds is 5. The Morgan fingerprint density at radius 3 is 3.00 bits per heavy atom. The molecule has 0 saturated heterocycles. The van der Waals surface area contributed by atoms with Crippen molar-refractivity contribution in [2.75, 3.05) is 17.7 Å². The summed E-state index contributed by atoms with van der Waals surface area (Å²) in [5, 5.41) is 6.25. The van der Waals surface area contributed by atoms with Crippen LogP contribution >= 0.6 is 11.3 Å². The van der Waals surface area contributed by atoms with Gasteiger partial charge in [-0.1, -0.05) is 0 Å². The maximum atomic E-state index is 5.78. The predicted molar refractivity (Wildman–Crippen MR) is 74.0 cm³/mol. The summed E-state index contributed by atoms with van der Waals surface area (Å²) in [6.45, 7) is 4.49. The lowest BCUT2D eigenvalue weighted by atomic mass is 10.3. The van der Waals surface area contributed by atoms with Crippen molar-refractivity contribution in [1.82, 2.24) is 9.97 Å². The molecule has 0 saturated carbocycles. The molecule has 0 aliphatic carbocycles. The van der Waals surface area contributed by atoms with Crippen molar-refractivity contribution in [3.05, 3.63) is 28.7 Å². The van der Waals surface area contributed by atoms with Crippen LogP contribution in [0.3, 0.4) is 0 Å². The summed E-state index contributed by atoms with van der Waals surface area (Å²) in [6, 6.07) is 3.73. The molecule has 1 unspecified atom stereocenters. The van der Waals surface area contributed by atoms with E-state index in [2.05, 4.69) is 15.3 Å². The number of ether oxygens (including phenoxy) is 1. The van der Waals surface area contributed by atoms with E-state index < -0.39 is 0 Å². The maximum absolute atomic E-state index is 5.78. The molecular formula is C12H16N4OS. The second-order valence-electron chi connectivity index (χ2n) is 3.76. The SMILES string of the molecule is CCOc1nc(NC(C)c2nccs2)ccc1N. The molecule has 0 fully saturated rings. The van der Waals surface area contributed by atoms with E-state index in [0.29, 0.717) is 18.2 Å². The number of anilines is 2. The van der Waals surface area contributed by atoms with E-state index in [9.17, 15) is 0 Å². The lowest BCUT2D eigenvalue weighted by molar-refractivity contribution is 0.329. The number of nitrogens with zero attached hydrogens (tertiary/aromatic N) is 2. The zero-order chi connectivity index (χ0) is 13.0. The molecule has 18 heavy (non-hydrogen) atoms. The van der Waals surface area contributed by atoms with Crippen molar-refractivity contribution in [2.45, 2.75) is 19.9 Å². The molecule has 0 radical (unpaired) electrons. The number of nitrogen functional groups attached to an aromatic ring is 1. The zero-order valence-electron chi connectivity index (χ0n) is 10.4. The third-order valence-electron chi connectivity index (χ3n) is 2.36. The van der Waals surface area contributed by atoms with Crippen LogP contribution in [-0.2, 0) is 0 Å². The first-order valence-corrected chi connectivity index (χ1v) is 6.64. The summed E-state index contributed by atoms with van der Waals surface area (Å²) in [7, 11) is 0. The Hall–Kier alpha value is -1.82.